The molecule has 4 heteroatoms. The maximum absolute atomic E-state index is 4.46. The fraction of sp³-hybridized carbons (Fsp3) is 0.235. The summed E-state index contributed by atoms with van der Waals surface area (Å²) in [5.74, 6) is 0.840. The van der Waals surface area contributed by atoms with Gasteiger partial charge in [0.05, 0.1) is 0 Å². The van der Waals surface area contributed by atoms with Gasteiger partial charge in [0.15, 0.2) is 5.65 Å². The first kappa shape index (κ1) is 13.5. The molecule has 0 amide bonds. The molecule has 21 heavy (non-hydrogen) atoms. The molecule has 2 heterocycles. The minimum Gasteiger partial charge on any atom is -0.370 e. The monoisotopic (exact) mass is 278 g/mol. The molecule has 0 bridgehead atoms. The van der Waals surface area contributed by atoms with E-state index in [1.807, 2.05) is 12.1 Å². The van der Waals surface area contributed by atoms with Crippen molar-refractivity contribution in [2.24, 2.45) is 0 Å². The molecule has 4 nitrogen and oxygen atoms in total. The van der Waals surface area contributed by atoms with Crippen LogP contribution in [-0.4, -0.2) is 21.5 Å². The Morgan fingerprint density at radius 1 is 0.952 bits per heavy atom. The lowest BCUT2D eigenvalue weighted by Gasteiger charge is -2.08. The summed E-state index contributed by atoms with van der Waals surface area (Å²) in [6.07, 6.45) is 4.31. The molecule has 0 atom stereocenters. The third kappa shape index (κ3) is 3.34. The summed E-state index contributed by atoms with van der Waals surface area (Å²) in [6.45, 7) is 5.11. The van der Waals surface area contributed by atoms with Crippen LogP contribution in [0.25, 0.3) is 11.2 Å². The van der Waals surface area contributed by atoms with Gasteiger partial charge in [0, 0.05) is 18.9 Å². The Balaban J connectivity index is 1.66. The van der Waals surface area contributed by atoms with Crippen molar-refractivity contribution in [3.8, 4) is 0 Å². The van der Waals surface area contributed by atoms with Crippen molar-refractivity contribution in [2.45, 2.75) is 20.3 Å². The number of fused-ring (bicyclic) bond motifs is 1. The van der Waals surface area contributed by atoms with Gasteiger partial charge >= 0.3 is 0 Å². The third-order valence-corrected chi connectivity index (χ3v) is 3.33. The van der Waals surface area contributed by atoms with Gasteiger partial charge in [-0.05, 0) is 38.0 Å². The van der Waals surface area contributed by atoms with Gasteiger partial charge in [-0.2, -0.15) is 0 Å². The van der Waals surface area contributed by atoms with E-state index in [4.69, 9.17) is 0 Å². The van der Waals surface area contributed by atoms with Crippen LogP contribution < -0.4 is 5.32 Å². The third-order valence-electron chi connectivity index (χ3n) is 3.33. The highest BCUT2D eigenvalue weighted by molar-refractivity contribution is 5.71. The molecule has 0 saturated carbocycles. The molecule has 0 spiro atoms. The van der Waals surface area contributed by atoms with E-state index < -0.39 is 0 Å². The molecule has 3 aromatic rings. The van der Waals surface area contributed by atoms with Gasteiger partial charge in [0.25, 0.3) is 0 Å². The Labute approximate surface area is 124 Å². The number of pyridine rings is 1. The first-order chi connectivity index (χ1) is 10.2. The molecule has 2 aromatic heterocycles. The summed E-state index contributed by atoms with van der Waals surface area (Å²) in [6, 6.07) is 10.5. The summed E-state index contributed by atoms with van der Waals surface area (Å²) in [7, 11) is 0. The lowest BCUT2D eigenvalue weighted by molar-refractivity contribution is 1.00. The van der Waals surface area contributed by atoms with E-state index in [1.54, 1.807) is 12.4 Å². The highest BCUT2D eigenvalue weighted by Crippen LogP contribution is 2.12. The number of nitrogens with one attached hydrogen (secondary N) is 1. The Kier molecular flexibility index (Phi) is 3.77. The zero-order valence-corrected chi connectivity index (χ0v) is 12.3. The normalized spacial score (nSPS) is 10.8. The molecule has 0 aliphatic carbocycles. The Bertz CT molecular complexity index is 747. The van der Waals surface area contributed by atoms with Gasteiger partial charge < -0.3 is 5.32 Å². The maximum atomic E-state index is 4.46. The van der Waals surface area contributed by atoms with E-state index in [2.05, 4.69) is 52.3 Å². The number of aromatic nitrogens is 3. The fourth-order valence-corrected chi connectivity index (χ4v) is 2.50. The van der Waals surface area contributed by atoms with Crippen LogP contribution in [0.5, 0.6) is 0 Å². The lowest BCUT2D eigenvalue weighted by Crippen LogP contribution is -2.07. The standard InChI is InChI=1S/C17H18N4/c1-12-9-13(2)11-14(10-12)5-6-19-16-4-3-15-17(21-16)20-8-7-18-15/h3-4,7-11H,5-6H2,1-2H3,(H,19,20,21). The van der Waals surface area contributed by atoms with Crippen LogP contribution >= 0.6 is 0 Å². The summed E-state index contributed by atoms with van der Waals surface area (Å²) < 4.78 is 0. The molecule has 0 aliphatic rings. The topological polar surface area (TPSA) is 50.7 Å². The molecule has 0 radical (unpaired) electrons. The predicted octanol–water partition coefficient (Wildman–Crippen LogP) is 3.30. The highest BCUT2D eigenvalue weighted by Gasteiger charge is 2.00. The zero-order valence-electron chi connectivity index (χ0n) is 12.3. The molecular formula is C17H18N4. The van der Waals surface area contributed by atoms with Gasteiger partial charge in [0.2, 0.25) is 0 Å². The smallest absolute Gasteiger partial charge is 0.180 e. The van der Waals surface area contributed by atoms with Gasteiger partial charge in [-0.25, -0.2) is 9.97 Å². The van der Waals surface area contributed by atoms with Gasteiger partial charge in [-0.15, -0.1) is 0 Å². The van der Waals surface area contributed by atoms with Crippen molar-refractivity contribution in [1.29, 1.82) is 0 Å². The van der Waals surface area contributed by atoms with Crippen molar-refractivity contribution in [3.63, 3.8) is 0 Å². The molecule has 0 unspecified atom stereocenters. The van der Waals surface area contributed by atoms with Crippen LogP contribution in [0.1, 0.15) is 16.7 Å². The summed E-state index contributed by atoms with van der Waals surface area (Å²) in [5.41, 5.74) is 5.46. The fourth-order valence-electron chi connectivity index (χ4n) is 2.50. The average molecular weight is 278 g/mol. The largest absolute Gasteiger partial charge is 0.370 e. The van der Waals surface area contributed by atoms with E-state index in [0.717, 1.165) is 24.3 Å². The quantitative estimate of drug-likeness (QED) is 0.795. The number of hydrogen-bond acceptors (Lipinski definition) is 4. The first-order valence-corrected chi connectivity index (χ1v) is 7.09. The summed E-state index contributed by atoms with van der Waals surface area (Å²) >= 11 is 0. The van der Waals surface area contributed by atoms with Crippen LogP contribution in [0.4, 0.5) is 5.82 Å². The van der Waals surface area contributed by atoms with Crippen LogP contribution in [-0.2, 0) is 6.42 Å². The first-order valence-electron chi connectivity index (χ1n) is 7.09. The average Bonchev–Trinajstić information content (AvgIpc) is 2.46. The Hall–Kier alpha value is -2.49. The van der Waals surface area contributed by atoms with Gasteiger partial charge in [-0.1, -0.05) is 29.3 Å². The van der Waals surface area contributed by atoms with Gasteiger partial charge in [0.1, 0.15) is 11.3 Å². The Morgan fingerprint density at radius 2 is 1.71 bits per heavy atom. The zero-order chi connectivity index (χ0) is 14.7. The number of nitrogens with zero attached hydrogens (tertiary/aromatic N) is 3. The van der Waals surface area contributed by atoms with Crippen molar-refractivity contribution in [3.05, 3.63) is 59.4 Å². The number of aryl methyl sites for hydroxylation is 2. The van der Waals surface area contributed by atoms with E-state index >= 15 is 0 Å². The van der Waals surface area contributed by atoms with Gasteiger partial charge in [-0.3, -0.25) is 4.98 Å². The number of rotatable bonds is 4. The summed E-state index contributed by atoms with van der Waals surface area (Å²) in [5, 5.41) is 3.35. The van der Waals surface area contributed by atoms with Crippen LogP contribution in [0.2, 0.25) is 0 Å². The second-order valence-electron chi connectivity index (χ2n) is 5.27. The molecular weight excluding hydrogens is 260 g/mol. The van der Waals surface area contributed by atoms with E-state index in [1.165, 1.54) is 16.7 Å². The number of hydrogen-bond donors (Lipinski definition) is 1. The summed E-state index contributed by atoms with van der Waals surface area (Å²) in [4.78, 5) is 12.9. The predicted molar refractivity (Wildman–Crippen MR) is 85.4 cm³/mol. The minimum atomic E-state index is 0.675. The molecule has 1 aromatic carbocycles. The van der Waals surface area contributed by atoms with Crippen molar-refractivity contribution < 1.29 is 0 Å². The molecule has 0 fully saturated rings. The van der Waals surface area contributed by atoms with E-state index in [9.17, 15) is 0 Å². The maximum Gasteiger partial charge on any atom is 0.180 e. The molecule has 1 N–H and O–H groups in total. The molecule has 3 rings (SSSR count). The second-order valence-corrected chi connectivity index (χ2v) is 5.27. The molecule has 0 saturated heterocycles. The number of anilines is 1. The van der Waals surface area contributed by atoms with E-state index in [-0.39, 0.29) is 0 Å². The lowest BCUT2D eigenvalue weighted by atomic mass is 10.1. The number of benzene rings is 1. The Morgan fingerprint density at radius 3 is 2.52 bits per heavy atom. The van der Waals surface area contributed by atoms with Crippen LogP contribution in [0.15, 0.2) is 42.7 Å². The second kappa shape index (κ2) is 5.87. The SMILES string of the molecule is Cc1cc(C)cc(CCNc2ccc3nccnc3n2)c1. The van der Waals surface area contributed by atoms with Crippen LogP contribution in [0.3, 0.4) is 0 Å². The molecule has 0 aliphatic heterocycles. The van der Waals surface area contributed by atoms with Crippen molar-refractivity contribution >= 4 is 17.0 Å². The molecule has 106 valence electrons. The van der Waals surface area contributed by atoms with E-state index in [0.29, 0.717) is 5.65 Å². The van der Waals surface area contributed by atoms with Crippen molar-refractivity contribution in [2.75, 3.05) is 11.9 Å². The highest BCUT2D eigenvalue weighted by atomic mass is 15.0. The van der Waals surface area contributed by atoms with Crippen LogP contribution in [0, 0.1) is 13.8 Å². The van der Waals surface area contributed by atoms with Crippen molar-refractivity contribution in [1.82, 2.24) is 15.0 Å². The minimum absolute atomic E-state index is 0.675.